The number of nitrogens with one attached hydrogen (secondary N) is 1. The highest BCUT2D eigenvalue weighted by Crippen LogP contribution is 2.30. The lowest BCUT2D eigenvalue weighted by atomic mass is 10.0. The van der Waals surface area contributed by atoms with Gasteiger partial charge >= 0.3 is 0 Å². The molecule has 1 N–H and O–H groups in total. The molecule has 0 fully saturated rings. The molecule has 1 atom stereocenters. The zero-order valence-corrected chi connectivity index (χ0v) is 25.0. The molecule has 1 aliphatic rings. The monoisotopic (exact) mass is 625 g/mol. The van der Waals surface area contributed by atoms with Crippen LogP contribution < -0.4 is 5.32 Å². The van der Waals surface area contributed by atoms with Crippen molar-refractivity contribution in [1.82, 2.24) is 14.5 Å². The van der Waals surface area contributed by atoms with Gasteiger partial charge in [0.25, 0.3) is 15.9 Å². The normalized spacial score (nSPS) is 14.9. The summed E-state index contributed by atoms with van der Waals surface area (Å²) >= 11 is 3.42. The van der Waals surface area contributed by atoms with Gasteiger partial charge in [-0.25, -0.2) is 12.7 Å². The number of hydrogen-bond donors (Lipinski definition) is 1. The van der Waals surface area contributed by atoms with E-state index in [4.69, 9.17) is 0 Å². The van der Waals surface area contributed by atoms with Crippen molar-refractivity contribution in [1.29, 1.82) is 0 Å². The largest absolute Gasteiger partial charge is 0.350 e. The van der Waals surface area contributed by atoms with Crippen molar-refractivity contribution in [2.45, 2.75) is 56.6 Å². The van der Waals surface area contributed by atoms with Gasteiger partial charge in [0.15, 0.2) is 0 Å². The maximum atomic E-state index is 13.9. The third kappa shape index (κ3) is 6.79. The van der Waals surface area contributed by atoms with Crippen LogP contribution in [0.2, 0.25) is 0 Å². The number of halogens is 1. The molecule has 210 valence electrons. The van der Waals surface area contributed by atoms with E-state index in [2.05, 4.69) is 21.2 Å². The van der Waals surface area contributed by atoms with Crippen LogP contribution in [0.5, 0.6) is 0 Å². The van der Waals surface area contributed by atoms with E-state index in [1.54, 1.807) is 12.1 Å². The summed E-state index contributed by atoms with van der Waals surface area (Å²) in [5.74, 6) is -1.42. The minimum Gasteiger partial charge on any atom is -0.350 e. The van der Waals surface area contributed by atoms with Crippen molar-refractivity contribution in [3.63, 3.8) is 0 Å². The molecule has 1 heterocycles. The lowest BCUT2D eigenvalue weighted by molar-refractivity contribution is -0.142. The van der Waals surface area contributed by atoms with Crippen molar-refractivity contribution >= 4 is 43.7 Å². The van der Waals surface area contributed by atoms with E-state index in [1.807, 2.05) is 75.4 Å². The van der Waals surface area contributed by atoms with Gasteiger partial charge in [-0.2, -0.15) is 0 Å². The molecule has 0 radical (unpaired) electrons. The van der Waals surface area contributed by atoms with Crippen molar-refractivity contribution in [3.8, 4) is 0 Å². The Bertz CT molecular complexity index is 1500. The van der Waals surface area contributed by atoms with Crippen LogP contribution in [0.25, 0.3) is 0 Å². The smallest absolute Gasteiger partial charge is 0.269 e. The third-order valence-electron chi connectivity index (χ3n) is 6.48. The highest BCUT2D eigenvalue weighted by Gasteiger charge is 2.41. The summed E-state index contributed by atoms with van der Waals surface area (Å²) < 4.78 is 27.7. The fourth-order valence-electron chi connectivity index (χ4n) is 4.59. The van der Waals surface area contributed by atoms with Gasteiger partial charge in [-0.1, -0.05) is 70.5 Å². The van der Waals surface area contributed by atoms with Gasteiger partial charge in [0.1, 0.15) is 10.9 Å². The molecule has 8 nitrogen and oxygen atoms in total. The number of benzene rings is 3. The molecule has 0 saturated carbocycles. The molecule has 3 aromatic rings. The standard InChI is InChI=1S/C30H32BrN3O5S/c1-30(2,3)32-28(36)25(19-21-9-5-4-6-10-21)33(20-22-13-15-23(31)16-14-22)27(35)17-18-34-29(37)24-11-7-8-12-26(24)40(34,38)39/h4-16,25H,17-20H2,1-3H3,(H,32,36). The molecule has 3 aromatic carbocycles. The Labute approximate surface area is 243 Å². The predicted octanol–water partition coefficient (Wildman–Crippen LogP) is 4.54. The molecule has 4 rings (SSSR count). The molecule has 0 bridgehead atoms. The lowest BCUT2D eigenvalue weighted by Crippen LogP contribution is -2.54. The molecule has 0 aliphatic carbocycles. The molecule has 1 aliphatic heterocycles. The van der Waals surface area contributed by atoms with Crippen molar-refractivity contribution in [3.05, 3.63) is 100 Å². The Morgan fingerprint density at radius 1 is 0.925 bits per heavy atom. The Morgan fingerprint density at radius 3 is 2.17 bits per heavy atom. The number of hydrogen-bond acceptors (Lipinski definition) is 5. The second kappa shape index (κ2) is 11.9. The van der Waals surface area contributed by atoms with Gasteiger partial charge in [0, 0.05) is 35.9 Å². The van der Waals surface area contributed by atoms with Gasteiger partial charge in [0.05, 0.1) is 5.56 Å². The second-order valence-electron chi connectivity index (χ2n) is 10.7. The molecule has 3 amide bonds. The number of sulfonamides is 1. The topological polar surface area (TPSA) is 104 Å². The average molecular weight is 627 g/mol. The van der Waals surface area contributed by atoms with Crippen LogP contribution in [0.1, 0.15) is 48.7 Å². The zero-order chi connectivity index (χ0) is 29.1. The van der Waals surface area contributed by atoms with E-state index in [1.165, 1.54) is 17.0 Å². The Balaban J connectivity index is 1.65. The number of carbonyl (C=O) groups excluding carboxylic acids is 3. The number of fused-ring (bicyclic) bond motifs is 1. The second-order valence-corrected chi connectivity index (χ2v) is 13.5. The van der Waals surface area contributed by atoms with Crippen LogP contribution in [0.15, 0.2) is 88.2 Å². The Morgan fingerprint density at radius 2 is 1.55 bits per heavy atom. The SMILES string of the molecule is CC(C)(C)NC(=O)C(Cc1ccccc1)N(Cc1ccc(Br)cc1)C(=O)CCN1C(=O)c2ccccc2S1(=O)=O. The van der Waals surface area contributed by atoms with Crippen LogP contribution in [-0.2, 0) is 32.6 Å². The quantitative estimate of drug-likeness (QED) is 0.376. The molecule has 1 unspecified atom stereocenters. The minimum atomic E-state index is -4.06. The maximum Gasteiger partial charge on any atom is 0.269 e. The zero-order valence-electron chi connectivity index (χ0n) is 22.6. The van der Waals surface area contributed by atoms with Crippen LogP contribution >= 0.6 is 15.9 Å². The summed E-state index contributed by atoms with van der Waals surface area (Å²) in [6.07, 6.45) is -0.0129. The number of amides is 3. The van der Waals surface area contributed by atoms with E-state index in [0.717, 1.165) is 19.9 Å². The van der Waals surface area contributed by atoms with Crippen LogP contribution in [0.4, 0.5) is 0 Å². The highest BCUT2D eigenvalue weighted by molar-refractivity contribution is 9.10. The van der Waals surface area contributed by atoms with Crippen molar-refractivity contribution < 1.29 is 22.8 Å². The first kappa shape index (κ1) is 29.5. The van der Waals surface area contributed by atoms with Gasteiger partial charge in [-0.3, -0.25) is 14.4 Å². The first-order valence-electron chi connectivity index (χ1n) is 12.9. The number of rotatable bonds is 9. The summed E-state index contributed by atoms with van der Waals surface area (Å²) in [4.78, 5) is 41.8. The predicted molar refractivity (Wildman–Crippen MR) is 156 cm³/mol. The minimum absolute atomic E-state index is 0.0642. The third-order valence-corrected chi connectivity index (χ3v) is 8.85. The van der Waals surface area contributed by atoms with E-state index < -0.39 is 33.4 Å². The van der Waals surface area contributed by atoms with Crippen LogP contribution in [-0.4, -0.2) is 53.5 Å². The Hall–Kier alpha value is -3.50. The van der Waals surface area contributed by atoms with Gasteiger partial charge in [0.2, 0.25) is 11.8 Å². The maximum absolute atomic E-state index is 13.9. The summed E-state index contributed by atoms with van der Waals surface area (Å²) in [5.41, 5.74) is 1.22. The van der Waals surface area contributed by atoms with Crippen molar-refractivity contribution in [2.75, 3.05) is 6.54 Å². The first-order chi connectivity index (χ1) is 18.9. The molecule has 40 heavy (non-hydrogen) atoms. The van der Waals surface area contributed by atoms with Crippen LogP contribution in [0.3, 0.4) is 0 Å². The number of nitrogens with zero attached hydrogens (tertiary/aromatic N) is 2. The van der Waals surface area contributed by atoms with Crippen LogP contribution in [0, 0.1) is 0 Å². The lowest BCUT2D eigenvalue weighted by Gasteiger charge is -2.34. The summed E-state index contributed by atoms with van der Waals surface area (Å²) in [7, 11) is -4.06. The molecular weight excluding hydrogens is 594 g/mol. The fraction of sp³-hybridized carbons (Fsp3) is 0.300. The van der Waals surface area contributed by atoms with Gasteiger partial charge in [-0.05, 0) is 56.2 Å². The fourth-order valence-corrected chi connectivity index (χ4v) is 6.42. The highest BCUT2D eigenvalue weighted by atomic mass is 79.9. The van der Waals surface area contributed by atoms with E-state index in [9.17, 15) is 22.8 Å². The Kier molecular flexibility index (Phi) is 8.80. The van der Waals surface area contributed by atoms with Crippen molar-refractivity contribution in [2.24, 2.45) is 0 Å². The molecule has 10 heteroatoms. The molecule has 0 spiro atoms. The van der Waals surface area contributed by atoms with E-state index in [0.29, 0.717) is 0 Å². The summed E-state index contributed by atoms with van der Waals surface area (Å²) in [6, 6.07) is 22.0. The number of carbonyl (C=O) groups is 3. The molecule has 0 aromatic heterocycles. The van der Waals surface area contributed by atoms with E-state index >= 15 is 0 Å². The first-order valence-corrected chi connectivity index (χ1v) is 15.2. The summed E-state index contributed by atoms with van der Waals surface area (Å²) in [6.45, 7) is 5.40. The van der Waals surface area contributed by atoms with Gasteiger partial charge in [-0.15, -0.1) is 0 Å². The molecular formula is C30H32BrN3O5S. The molecule has 0 saturated heterocycles. The summed E-state index contributed by atoms with van der Waals surface area (Å²) in [5, 5.41) is 3.00. The van der Waals surface area contributed by atoms with Gasteiger partial charge < -0.3 is 10.2 Å². The average Bonchev–Trinajstić information content (AvgIpc) is 3.10. The van der Waals surface area contributed by atoms with E-state index in [-0.39, 0.29) is 42.3 Å².